The molecule has 8 heterocycles. The van der Waals surface area contributed by atoms with Gasteiger partial charge in [0.15, 0.2) is 11.6 Å². The fourth-order valence-electron chi connectivity index (χ4n) is 14.5. The number of nitrogen functional groups attached to an aromatic ring is 3. The molecule has 550 valence electrons. The number of nitrogens with two attached hydrogens (primary N) is 6. The average Bonchev–Trinajstić information content (AvgIpc) is 1.59. The summed E-state index contributed by atoms with van der Waals surface area (Å²) in [4.78, 5) is 88.6. The van der Waals surface area contributed by atoms with E-state index in [-0.39, 0.29) is 92.4 Å². The van der Waals surface area contributed by atoms with Gasteiger partial charge in [-0.15, -0.1) is 0 Å². The molecule has 3 aliphatic heterocycles. The molecule has 6 amide bonds. The van der Waals surface area contributed by atoms with Crippen LogP contribution in [0.5, 0.6) is 34.8 Å². The molecule has 6 aliphatic rings. The van der Waals surface area contributed by atoms with Crippen molar-refractivity contribution >= 4 is 76.1 Å². The number of carbonyl (C=O) groups excluding carboxylic acids is 6. The highest BCUT2D eigenvalue weighted by Crippen LogP contribution is 2.54. The van der Waals surface area contributed by atoms with Gasteiger partial charge in [-0.1, -0.05) is 42.3 Å². The van der Waals surface area contributed by atoms with Crippen molar-refractivity contribution in [3.05, 3.63) is 191 Å². The van der Waals surface area contributed by atoms with Crippen molar-refractivity contribution < 1.29 is 51.8 Å². The van der Waals surface area contributed by atoms with Crippen molar-refractivity contribution in [3.63, 3.8) is 0 Å². The Morgan fingerprint density at radius 1 is 0.495 bits per heavy atom. The highest BCUT2D eigenvalue weighted by molar-refractivity contribution is 6.30. The SMILES string of the molecule is C=CC(=O)N1C[C@@H](n2nc(-c3ccc(Oc4ccc(Cl)cn4)cc3)c(C(N)=O)c2N)CCC12CC2.C=CC(=O)N1C[C@H](n2nc(-c3ccc(Oc4ccc(Cl)cn4)cc3)c(C(N)=O)c2N)CCC12CC2.CC#CC(=O)N1C[C@@H](n2nc(-c3ccc(Oc4ccc(F)cc4F)cc3)c(C(N)=O)c2N)CCC12CC2. The van der Waals surface area contributed by atoms with Crippen LogP contribution in [-0.2, 0) is 14.4 Å². The van der Waals surface area contributed by atoms with Crippen molar-refractivity contribution in [2.45, 2.75) is 119 Å². The van der Waals surface area contributed by atoms with Gasteiger partial charge < -0.3 is 63.3 Å². The number of likely N-dealkylation sites (tertiary alicyclic amines) is 3. The lowest BCUT2D eigenvalue weighted by atomic mass is 9.96. The number of aromatic nitrogens is 8. The number of nitrogens with zero attached hydrogens (tertiary/aromatic N) is 11. The van der Waals surface area contributed by atoms with E-state index in [1.54, 1.807) is 118 Å². The summed E-state index contributed by atoms with van der Waals surface area (Å²) < 4.78 is 48.9. The monoisotopic (exact) mass is 1490 g/mol. The van der Waals surface area contributed by atoms with Crippen LogP contribution in [0.15, 0.2) is 153 Å². The molecule has 12 N–H and O–H groups in total. The Morgan fingerprint density at radius 2 is 0.841 bits per heavy atom. The van der Waals surface area contributed by atoms with E-state index in [1.807, 2.05) is 14.7 Å². The first kappa shape index (κ1) is 73.2. The minimum atomic E-state index is -0.829. The molecule has 3 spiro atoms. The van der Waals surface area contributed by atoms with E-state index < -0.39 is 29.4 Å². The molecule has 9 aromatic rings. The van der Waals surface area contributed by atoms with Gasteiger partial charge in [0.05, 0.1) is 28.2 Å². The van der Waals surface area contributed by atoms with Gasteiger partial charge in [0.2, 0.25) is 23.6 Å². The Hall–Kier alpha value is -12.1. The lowest BCUT2D eigenvalue weighted by molar-refractivity contribution is -0.132. The maximum Gasteiger partial charge on any atom is 0.298 e. The van der Waals surface area contributed by atoms with E-state index in [2.05, 4.69) is 40.1 Å². The lowest BCUT2D eigenvalue weighted by Crippen LogP contribution is -2.49. The topological polar surface area (TPSA) is 375 Å². The number of benzene rings is 4. The minimum Gasteiger partial charge on any atom is -0.454 e. The summed E-state index contributed by atoms with van der Waals surface area (Å²) in [5.74, 6) is 3.90. The maximum absolute atomic E-state index is 13.9. The maximum atomic E-state index is 13.9. The molecule has 107 heavy (non-hydrogen) atoms. The number of halogens is 4. The van der Waals surface area contributed by atoms with Gasteiger partial charge in [0, 0.05) is 83.5 Å². The molecule has 3 aliphatic carbocycles. The molecule has 30 heteroatoms. The molecule has 26 nitrogen and oxygen atoms in total. The first-order chi connectivity index (χ1) is 51.3. The predicted octanol–water partition coefficient (Wildman–Crippen LogP) is 11.9. The number of pyridine rings is 2. The number of hydrogen-bond acceptors (Lipinski definition) is 17. The van der Waals surface area contributed by atoms with E-state index in [1.165, 1.54) is 30.6 Å². The van der Waals surface area contributed by atoms with Crippen molar-refractivity contribution in [3.8, 4) is 80.4 Å². The summed E-state index contributed by atoms with van der Waals surface area (Å²) in [6.45, 7) is 10.2. The number of amides is 6. The molecule has 5 aromatic heterocycles. The van der Waals surface area contributed by atoms with Gasteiger partial charge in [0.25, 0.3) is 23.6 Å². The minimum absolute atomic E-state index is 0.0756. The van der Waals surface area contributed by atoms with E-state index in [4.69, 9.17) is 82.0 Å². The van der Waals surface area contributed by atoms with Crippen LogP contribution in [-0.4, -0.2) is 126 Å². The van der Waals surface area contributed by atoms with Crippen LogP contribution in [0.2, 0.25) is 10.0 Å². The number of carbonyl (C=O) groups is 6. The molecule has 3 saturated carbocycles. The Labute approximate surface area is 623 Å². The Morgan fingerprint density at radius 3 is 1.15 bits per heavy atom. The number of rotatable bonds is 17. The zero-order valence-electron chi connectivity index (χ0n) is 58.1. The second-order valence-corrected chi connectivity index (χ2v) is 28.1. The molecule has 15 rings (SSSR count). The third kappa shape index (κ3) is 15.1. The standard InChI is InChI=1S/C27H25F2N5O3.2C25H25ClN6O3/c1-2-3-22(35)33-15-18(10-11-27(33)12-13-27)34-25(30)23(26(31)36)24(32-34)16-4-7-19(8-5-16)37-21-9-6-17(28)14-20(21)29;2*1-2-20(33)31-14-17(9-10-25(31)11-12-25)32-23(27)21(24(28)34)22(30-32)15-3-6-18(7-4-15)35-19-8-5-16(26)13-29-19/h4-9,14,18H,10-13,15,30H2,1H3,(H2,31,36);2*2-8,13,17H,1,9-12,14,27H2,(H2,28,34)/t18-;2*17-/m010/s1. The van der Waals surface area contributed by atoms with Crippen LogP contribution in [0.25, 0.3) is 33.8 Å². The van der Waals surface area contributed by atoms with E-state index in [0.29, 0.717) is 92.5 Å². The number of piperidine rings is 3. The molecular weight excluding hydrogens is 1420 g/mol. The summed E-state index contributed by atoms with van der Waals surface area (Å²) in [6, 6.07) is 29.6. The third-order valence-electron chi connectivity index (χ3n) is 20.5. The summed E-state index contributed by atoms with van der Waals surface area (Å²) in [7, 11) is 0. The summed E-state index contributed by atoms with van der Waals surface area (Å²) in [5, 5.41) is 15.1. The van der Waals surface area contributed by atoms with Crippen LogP contribution in [0.3, 0.4) is 0 Å². The Bertz CT molecular complexity index is 4840. The first-order valence-corrected chi connectivity index (χ1v) is 35.3. The highest BCUT2D eigenvalue weighted by Gasteiger charge is 2.55. The third-order valence-corrected chi connectivity index (χ3v) is 21.0. The van der Waals surface area contributed by atoms with E-state index >= 15 is 0 Å². The fourth-order valence-corrected chi connectivity index (χ4v) is 14.7. The van der Waals surface area contributed by atoms with Crippen LogP contribution < -0.4 is 48.6 Å². The van der Waals surface area contributed by atoms with Crippen molar-refractivity contribution in [2.75, 3.05) is 36.8 Å². The summed E-state index contributed by atoms with van der Waals surface area (Å²) in [5.41, 5.74) is 39.2. The fraction of sp³-hybridized carbons (Fsp3) is 0.286. The van der Waals surface area contributed by atoms with Gasteiger partial charge in [-0.25, -0.2) is 32.8 Å². The molecule has 3 saturated heterocycles. The van der Waals surface area contributed by atoms with Crippen molar-refractivity contribution in [2.24, 2.45) is 17.2 Å². The molecular formula is C77H75Cl2F2N17O9. The smallest absolute Gasteiger partial charge is 0.298 e. The zero-order valence-corrected chi connectivity index (χ0v) is 59.6. The zero-order chi connectivity index (χ0) is 75.8. The second kappa shape index (κ2) is 29.8. The van der Waals surface area contributed by atoms with Gasteiger partial charge in [0.1, 0.15) is 74.3 Å². The van der Waals surface area contributed by atoms with Crippen LogP contribution in [0.1, 0.15) is 133 Å². The van der Waals surface area contributed by atoms with Crippen LogP contribution >= 0.6 is 23.2 Å². The second-order valence-electron chi connectivity index (χ2n) is 27.2. The van der Waals surface area contributed by atoms with Crippen LogP contribution in [0, 0.1) is 23.5 Å². The first-order valence-electron chi connectivity index (χ1n) is 34.5. The molecule has 0 bridgehead atoms. The average molecular weight is 1490 g/mol. The normalized spacial score (nSPS) is 18.1. The predicted molar refractivity (Wildman–Crippen MR) is 397 cm³/mol. The number of anilines is 3. The Balaban J connectivity index is 0.000000142. The number of hydrogen-bond donors (Lipinski definition) is 6. The largest absolute Gasteiger partial charge is 0.454 e. The molecule has 0 radical (unpaired) electrons. The number of ether oxygens (including phenoxy) is 3. The van der Waals surface area contributed by atoms with Crippen LogP contribution in [0.4, 0.5) is 26.2 Å². The van der Waals surface area contributed by atoms with Gasteiger partial charge in [-0.05, 0) is 199 Å². The highest BCUT2D eigenvalue weighted by atomic mass is 35.5. The molecule has 4 aromatic carbocycles. The molecule has 0 unspecified atom stereocenters. The summed E-state index contributed by atoms with van der Waals surface area (Å²) >= 11 is 11.7. The van der Waals surface area contributed by atoms with E-state index in [9.17, 15) is 37.5 Å². The van der Waals surface area contributed by atoms with E-state index in [0.717, 1.165) is 89.2 Å². The van der Waals surface area contributed by atoms with Gasteiger partial charge in [-0.3, -0.25) is 28.8 Å². The lowest BCUT2D eigenvalue weighted by Gasteiger charge is -2.40. The van der Waals surface area contributed by atoms with Crippen molar-refractivity contribution in [1.82, 2.24) is 54.0 Å². The van der Waals surface area contributed by atoms with Crippen molar-refractivity contribution in [1.29, 1.82) is 0 Å². The quantitative estimate of drug-likeness (QED) is 0.0364. The summed E-state index contributed by atoms with van der Waals surface area (Å²) in [6.07, 6.45) is 16.4. The number of primary amides is 3. The van der Waals surface area contributed by atoms with Gasteiger partial charge >= 0.3 is 0 Å². The molecule has 6 fully saturated rings. The van der Waals surface area contributed by atoms with Gasteiger partial charge in [-0.2, -0.15) is 15.3 Å². The molecule has 3 atom stereocenters. The Kier molecular flexibility index (Phi) is 20.4.